The van der Waals surface area contributed by atoms with Crippen LogP contribution in [0.15, 0.2) is 41.7 Å². The van der Waals surface area contributed by atoms with Gasteiger partial charge >= 0.3 is 5.97 Å². The second-order valence-electron chi connectivity index (χ2n) is 5.32. The molecule has 6 nitrogen and oxygen atoms in total. The minimum absolute atomic E-state index is 0.0325. The van der Waals surface area contributed by atoms with Gasteiger partial charge in [-0.2, -0.15) is 0 Å². The summed E-state index contributed by atoms with van der Waals surface area (Å²) in [6.07, 6.45) is 1.43. The Bertz CT molecular complexity index is 934. The molecule has 0 fully saturated rings. The molecule has 0 N–H and O–H groups in total. The summed E-state index contributed by atoms with van der Waals surface area (Å²) in [6.45, 7) is 3.70. The molecule has 3 rings (SSSR count). The van der Waals surface area contributed by atoms with E-state index in [0.717, 1.165) is 5.56 Å². The third-order valence-electron chi connectivity index (χ3n) is 3.48. The Morgan fingerprint density at radius 3 is 2.69 bits per heavy atom. The van der Waals surface area contributed by atoms with Gasteiger partial charge in [0, 0.05) is 0 Å². The molecule has 2 heterocycles. The molecule has 0 aliphatic heterocycles. The molecule has 0 bridgehead atoms. The zero-order valence-electron chi connectivity index (χ0n) is 14.1. The van der Waals surface area contributed by atoms with E-state index in [4.69, 9.17) is 16.3 Å². The SMILES string of the molecule is CCOC(=O)c1ncn(-c2nc(C)c(Cl)s2)c1S(=O)Cc1ccccc1. The number of aryl methyl sites for hydroxylation is 1. The molecule has 1 unspecified atom stereocenters. The molecule has 26 heavy (non-hydrogen) atoms. The van der Waals surface area contributed by atoms with Crippen LogP contribution in [0.3, 0.4) is 0 Å². The van der Waals surface area contributed by atoms with E-state index in [-0.39, 0.29) is 23.1 Å². The number of hydrogen-bond donors (Lipinski definition) is 0. The van der Waals surface area contributed by atoms with Gasteiger partial charge < -0.3 is 4.74 Å². The Hall–Kier alpha value is -2.03. The number of carbonyl (C=O) groups is 1. The van der Waals surface area contributed by atoms with Crippen molar-refractivity contribution < 1.29 is 13.7 Å². The molecule has 0 amide bonds. The summed E-state index contributed by atoms with van der Waals surface area (Å²) >= 11 is 7.35. The first-order valence-corrected chi connectivity index (χ1v) is 10.3. The van der Waals surface area contributed by atoms with E-state index in [1.165, 1.54) is 17.7 Å². The first-order chi connectivity index (χ1) is 12.5. The minimum Gasteiger partial charge on any atom is -0.461 e. The van der Waals surface area contributed by atoms with Crippen LogP contribution in [0, 0.1) is 6.92 Å². The van der Waals surface area contributed by atoms with Crippen LogP contribution in [0.4, 0.5) is 0 Å². The van der Waals surface area contributed by atoms with E-state index < -0.39 is 16.8 Å². The number of rotatable bonds is 6. The molecule has 0 saturated carbocycles. The standard InChI is InChI=1S/C17H16ClN3O3S2/c1-3-24-16(22)13-15(26(23)9-12-7-5-4-6-8-12)21(10-19-13)17-20-11(2)14(18)25-17/h4-8,10H,3,9H2,1-2H3. The van der Waals surface area contributed by atoms with Crippen molar-refractivity contribution in [3.63, 3.8) is 0 Å². The highest BCUT2D eigenvalue weighted by Crippen LogP contribution is 2.29. The minimum atomic E-state index is -1.53. The predicted molar refractivity (Wildman–Crippen MR) is 101 cm³/mol. The van der Waals surface area contributed by atoms with Crippen LogP contribution in [0.25, 0.3) is 5.13 Å². The quantitative estimate of drug-likeness (QED) is 0.579. The van der Waals surface area contributed by atoms with Crippen LogP contribution in [0.5, 0.6) is 0 Å². The number of hydrogen-bond acceptors (Lipinski definition) is 6. The Balaban J connectivity index is 2.05. The number of imidazole rings is 1. The first kappa shape index (κ1) is 18.8. The number of thiazole rings is 1. The van der Waals surface area contributed by atoms with Crippen molar-refractivity contribution in [2.24, 2.45) is 0 Å². The maximum Gasteiger partial charge on any atom is 0.359 e. The van der Waals surface area contributed by atoms with Gasteiger partial charge in [0.2, 0.25) is 0 Å². The smallest absolute Gasteiger partial charge is 0.359 e. The van der Waals surface area contributed by atoms with E-state index >= 15 is 0 Å². The van der Waals surface area contributed by atoms with Gasteiger partial charge in [-0.15, -0.1) is 0 Å². The molecule has 0 aliphatic carbocycles. The fraction of sp³-hybridized carbons (Fsp3) is 0.235. The fourth-order valence-corrected chi connectivity index (χ4v) is 4.71. The number of aromatic nitrogens is 3. The Kier molecular flexibility index (Phi) is 5.85. The third-order valence-corrected chi connectivity index (χ3v) is 6.35. The van der Waals surface area contributed by atoms with Gasteiger partial charge in [0.25, 0.3) is 0 Å². The zero-order valence-corrected chi connectivity index (χ0v) is 16.5. The summed E-state index contributed by atoms with van der Waals surface area (Å²) in [6, 6.07) is 9.40. The van der Waals surface area contributed by atoms with Gasteiger partial charge in [0.15, 0.2) is 10.8 Å². The van der Waals surface area contributed by atoms with Gasteiger partial charge in [-0.25, -0.2) is 14.8 Å². The second-order valence-corrected chi connectivity index (χ2v) is 8.27. The molecule has 1 aromatic carbocycles. The van der Waals surface area contributed by atoms with Gasteiger partial charge in [0.1, 0.15) is 15.7 Å². The molecule has 2 aromatic heterocycles. The lowest BCUT2D eigenvalue weighted by molar-refractivity contribution is 0.0515. The number of esters is 1. The first-order valence-electron chi connectivity index (χ1n) is 7.81. The second kappa shape index (κ2) is 8.11. The average Bonchev–Trinajstić information content (AvgIpc) is 3.20. The van der Waals surface area contributed by atoms with Gasteiger partial charge in [0.05, 0.1) is 28.9 Å². The van der Waals surface area contributed by atoms with Crippen LogP contribution in [0.2, 0.25) is 4.34 Å². The Morgan fingerprint density at radius 1 is 1.35 bits per heavy atom. The largest absolute Gasteiger partial charge is 0.461 e. The van der Waals surface area contributed by atoms with Crippen molar-refractivity contribution in [1.82, 2.24) is 14.5 Å². The van der Waals surface area contributed by atoms with E-state index in [2.05, 4.69) is 9.97 Å². The normalized spacial score (nSPS) is 12.1. The van der Waals surface area contributed by atoms with E-state index in [0.29, 0.717) is 15.2 Å². The van der Waals surface area contributed by atoms with Crippen molar-refractivity contribution in [3.8, 4) is 5.13 Å². The molecule has 0 saturated heterocycles. The highest BCUT2D eigenvalue weighted by atomic mass is 35.5. The number of carbonyl (C=O) groups excluding carboxylic acids is 1. The topological polar surface area (TPSA) is 74.1 Å². The molecule has 0 aliphatic rings. The summed E-state index contributed by atoms with van der Waals surface area (Å²) in [4.78, 5) is 20.8. The lowest BCUT2D eigenvalue weighted by atomic mass is 10.2. The summed E-state index contributed by atoms with van der Waals surface area (Å²) in [5.74, 6) is -0.362. The maximum absolute atomic E-state index is 13.1. The summed E-state index contributed by atoms with van der Waals surface area (Å²) in [5, 5.41) is 0.768. The van der Waals surface area contributed by atoms with E-state index in [1.54, 1.807) is 18.4 Å². The molecule has 0 radical (unpaired) electrons. The van der Waals surface area contributed by atoms with Gasteiger partial charge in [-0.1, -0.05) is 53.3 Å². The number of halogens is 1. The summed E-state index contributed by atoms with van der Waals surface area (Å²) in [5.41, 5.74) is 1.59. The van der Waals surface area contributed by atoms with E-state index in [9.17, 15) is 9.00 Å². The monoisotopic (exact) mass is 409 g/mol. The van der Waals surface area contributed by atoms with Crippen molar-refractivity contribution in [2.75, 3.05) is 6.61 Å². The number of benzene rings is 1. The summed E-state index contributed by atoms with van der Waals surface area (Å²) in [7, 11) is -1.53. The van der Waals surface area contributed by atoms with Crippen LogP contribution in [0.1, 0.15) is 28.7 Å². The van der Waals surface area contributed by atoms with Crippen molar-refractivity contribution in [3.05, 3.63) is 57.9 Å². The third kappa shape index (κ3) is 3.87. The Morgan fingerprint density at radius 2 is 2.08 bits per heavy atom. The zero-order chi connectivity index (χ0) is 18.7. The maximum atomic E-state index is 13.1. The molecule has 3 aromatic rings. The van der Waals surface area contributed by atoms with Gasteiger partial charge in [-0.3, -0.25) is 8.78 Å². The highest BCUT2D eigenvalue weighted by Gasteiger charge is 2.26. The van der Waals surface area contributed by atoms with Gasteiger partial charge in [-0.05, 0) is 19.4 Å². The molecular formula is C17H16ClN3O3S2. The van der Waals surface area contributed by atoms with Crippen LogP contribution in [-0.2, 0) is 21.3 Å². The van der Waals surface area contributed by atoms with Crippen LogP contribution in [-0.4, -0.2) is 31.3 Å². The van der Waals surface area contributed by atoms with E-state index in [1.807, 2.05) is 30.3 Å². The Labute approximate surface area is 162 Å². The number of ether oxygens (including phenoxy) is 1. The molecule has 9 heteroatoms. The average molecular weight is 410 g/mol. The lowest BCUT2D eigenvalue weighted by Crippen LogP contribution is -2.12. The van der Waals surface area contributed by atoms with Crippen LogP contribution >= 0.6 is 22.9 Å². The summed E-state index contributed by atoms with van der Waals surface area (Å²) < 4.78 is 20.2. The fourth-order valence-electron chi connectivity index (χ4n) is 2.29. The highest BCUT2D eigenvalue weighted by molar-refractivity contribution is 7.84. The predicted octanol–water partition coefficient (Wildman–Crippen LogP) is 3.78. The van der Waals surface area contributed by atoms with Crippen molar-refractivity contribution >= 4 is 39.7 Å². The van der Waals surface area contributed by atoms with Crippen molar-refractivity contribution in [2.45, 2.75) is 24.6 Å². The van der Waals surface area contributed by atoms with Crippen LogP contribution < -0.4 is 0 Å². The lowest BCUT2D eigenvalue weighted by Gasteiger charge is -2.08. The molecule has 1 atom stereocenters. The molecular weight excluding hydrogens is 394 g/mol. The molecule has 136 valence electrons. The van der Waals surface area contributed by atoms with Crippen molar-refractivity contribution in [1.29, 1.82) is 0 Å². The number of nitrogens with zero attached hydrogens (tertiary/aromatic N) is 3. The molecule has 0 spiro atoms.